The van der Waals surface area contributed by atoms with Crippen molar-refractivity contribution in [3.63, 3.8) is 0 Å². The summed E-state index contributed by atoms with van der Waals surface area (Å²) < 4.78 is 79.7. The predicted molar refractivity (Wildman–Crippen MR) is 70.9 cm³/mol. The lowest BCUT2D eigenvalue weighted by Gasteiger charge is -2.13. The lowest BCUT2D eigenvalue weighted by molar-refractivity contribution is -0.0436. The van der Waals surface area contributed by atoms with Gasteiger partial charge in [-0.25, -0.2) is 12.8 Å². The molecule has 0 N–H and O–H groups in total. The van der Waals surface area contributed by atoms with Gasteiger partial charge in [-0.05, 0) is 30.3 Å². The standard InChI is InChI=1S/C14H7F4NO3S/c15-10-7-9(8-19)5-6-11(10)22-12-3-1-2-4-13(12)23(20,21)14(16,17)18/h1-7H. The van der Waals surface area contributed by atoms with Crippen LogP contribution in [0, 0.1) is 17.1 Å². The van der Waals surface area contributed by atoms with E-state index >= 15 is 0 Å². The Bertz CT molecular complexity index is 886. The number of rotatable bonds is 3. The molecule has 0 fully saturated rings. The van der Waals surface area contributed by atoms with Gasteiger partial charge in [0.05, 0.1) is 11.6 Å². The third kappa shape index (κ3) is 3.27. The first-order chi connectivity index (χ1) is 10.7. The predicted octanol–water partition coefficient (Wildman–Crippen LogP) is 3.78. The Morgan fingerprint density at radius 1 is 1.04 bits per heavy atom. The Morgan fingerprint density at radius 3 is 2.26 bits per heavy atom. The molecule has 0 aliphatic carbocycles. The molecule has 23 heavy (non-hydrogen) atoms. The minimum atomic E-state index is -5.65. The number of hydrogen-bond acceptors (Lipinski definition) is 4. The third-order valence-electron chi connectivity index (χ3n) is 2.72. The van der Waals surface area contributed by atoms with Gasteiger partial charge in [0.15, 0.2) is 11.6 Å². The Kier molecular flexibility index (Phi) is 4.29. The van der Waals surface area contributed by atoms with Crippen molar-refractivity contribution in [1.29, 1.82) is 5.26 Å². The van der Waals surface area contributed by atoms with E-state index < -0.39 is 37.6 Å². The van der Waals surface area contributed by atoms with Crippen molar-refractivity contribution in [2.75, 3.05) is 0 Å². The van der Waals surface area contributed by atoms with Crippen LogP contribution in [0.25, 0.3) is 0 Å². The van der Waals surface area contributed by atoms with E-state index in [2.05, 4.69) is 0 Å². The van der Waals surface area contributed by atoms with Crippen molar-refractivity contribution in [2.24, 2.45) is 0 Å². The fourth-order valence-electron chi connectivity index (χ4n) is 1.65. The van der Waals surface area contributed by atoms with Crippen LogP contribution in [-0.4, -0.2) is 13.9 Å². The Balaban J connectivity index is 2.50. The summed E-state index contributed by atoms with van der Waals surface area (Å²) in [4.78, 5) is -1.13. The molecular weight excluding hydrogens is 338 g/mol. The summed E-state index contributed by atoms with van der Waals surface area (Å²) in [7, 11) is -5.65. The van der Waals surface area contributed by atoms with Gasteiger partial charge in [-0.2, -0.15) is 18.4 Å². The van der Waals surface area contributed by atoms with Gasteiger partial charge in [0.1, 0.15) is 10.6 Å². The van der Waals surface area contributed by atoms with Crippen LogP contribution in [0.3, 0.4) is 0 Å². The van der Waals surface area contributed by atoms with Crippen molar-refractivity contribution in [2.45, 2.75) is 10.4 Å². The Morgan fingerprint density at radius 2 is 1.70 bits per heavy atom. The molecule has 2 aromatic rings. The molecule has 0 bridgehead atoms. The lowest BCUT2D eigenvalue weighted by Crippen LogP contribution is -2.23. The zero-order chi connectivity index (χ0) is 17.3. The molecule has 9 heteroatoms. The van der Waals surface area contributed by atoms with Crippen LogP contribution in [0.4, 0.5) is 17.6 Å². The summed E-state index contributed by atoms with van der Waals surface area (Å²) in [5.74, 6) is -2.19. The molecule has 0 spiro atoms. The maximum atomic E-state index is 13.7. The Hall–Kier alpha value is -2.60. The molecule has 0 saturated carbocycles. The van der Waals surface area contributed by atoms with Gasteiger partial charge in [0.2, 0.25) is 0 Å². The van der Waals surface area contributed by atoms with Crippen LogP contribution in [0.5, 0.6) is 11.5 Å². The summed E-state index contributed by atoms with van der Waals surface area (Å²) in [6, 6.07) is 8.69. The monoisotopic (exact) mass is 345 g/mol. The van der Waals surface area contributed by atoms with Crippen LogP contribution in [0.1, 0.15) is 5.56 Å². The highest BCUT2D eigenvalue weighted by molar-refractivity contribution is 7.92. The van der Waals surface area contributed by atoms with E-state index in [9.17, 15) is 26.0 Å². The number of hydrogen-bond donors (Lipinski definition) is 0. The second kappa shape index (κ2) is 5.89. The van der Waals surface area contributed by atoms with Gasteiger partial charge in [0, 0.05) is 0 Å². The van der Waals surface area contributed by atoms with E-state index in [1.165, 1.54) is 12.1 Å². The van der Waals surface area contributed by atoms with Gasteiger partial charge in [-0.1, -0.05) is 12.1 Å². The summed E-state index contributed by atoms with van der Waals surface area (Å²) in [6.07, 6.45) is 0. The topological polar surface area (TPSA) is 67.2 Å². The van der Waals surface area contributed by atoms with Crippen molar-refractivity contribution >= 4 is 9.84 Å². The molecule has 2 aromatic carbocycles. The number of para-hydroxylation sites is 1. The fourth-order valence-corrected chi connectivity index (χ4v) is 2.53. The molecule has 0 amide bonds. The Labute approximate surface area is 128 Å². The maximum Gasteiger partial charge on any atom is 0.502 e. The van der Waals surface area contributed by atoms with Crippen LogP contribution < -0.4 is 4.74 Å². The average molecular weight is 345 g/mol. The summed E-state index contributed by atoms with van der Waals surface area (Å²) in [5, 5.41) is 8.62. The van der Waals surface area contributed by atoms with Crippen molar-refractivity contribution in [3.8, 4) is 17.6 Å². The molecule has 0 heterocycles. The third-order valence-corrected chi connectivity index (χ3v) is 4.25. The smallest absolute Gasteiger partial charge is 0.453 e. The summed E-state index contributed by atoms with van der Waals surface area (Å²) in [5.41, 5.74) is -5.54. The maximum absolute atomic E-state index is 13.7. The summed E-state index contributed by atoms with van der Waals surface area (Å²) >= 11 is 0. The first kappa shape index (κ1) is 16.8. The zero-order valence-corrected chi connectivity index (χ0v) is 12.0. The second-order valence-electron chi connectivity index (χ2n) is 4.25. The minimum Gasteiger partial charge on any atom is -0.453 e. The number of nitriles is 1. The quantitative estimate of drug-likeness (QED) is 0.794. The van der Waals surface area contributed by atoms with Gasteiger partial charge in [-0.15, -0.1) is 0 Å². The highest BCUT2D eigenvalue weighted by atomic mass is 32.2. The highest BCUT2D eigenvalue weighted by Crippen LogP contribution is 2.37. The molecule has 0 unspecified atom stereocenters. The SMILES string of the molecule is N#Cc1ccc(Oc2ccccc2S(=O)(=O)C(F)(F)F)c(F)c1. The van der Waals surface area contributed by atoms with Gasteiger partial charge >= 0.3 is 5.51 Å². The van der Waals surface area contributed by atoms with E-state index in [1.54, 1.807) is 6.07 Å². The fraction of sp³-hybridized carbons (Fsp3) is 0.0714. The number of halogens is 4. The van der Waals surface area contributed by atoms with Gasteiger partial charge < -0.3 is 4.74 Å². The molecule has 0 aromatic heterocycles. The van der Waals surface area contributed by atoms with E-state index in [4.69, 9.17) is 10.00 Å². The zero-order valence-electron chi connectivity index (χ0n) is 11.1. The normalized spacial score (nSPS) is 11.8. The average Bonchev–Trinajstić information content (AvgIpc) is 2.48. The van der Waals surface area contributed by atoms with E-state index in [0.29, 0.717) is 6.07 Å². The molecule has 4 nitrogen and oxygen atoms in total. The number of alkyl halides is 3. The van der Waals surface area contributed by atoms with Gasteiger partial charge in [0.25, 0.3) is 9.84 Å². The molecule has 0 radical (unpaired) electrons. The van der Waals surface area contributed by atoms with E-state index in [0.717, 1.165) is 24.3 Å². The molecular formula is C14H7F4NO3S. The van der Waals surface area contributed by atoms with Crippen LogP contribution in [0.2, 0.25) is 0 Å². The molecule has 0 saturated heterocycles. The van der Waals surface area contributed by atoms with Crippen LogP contribution in [-0.2, 0) is 9.84 Å². The highest BCUT2D eigenvalue weighted by Gasteiger charge is 2.48. The van der Waals surface area contributed by atoms with Gasteiger partial charge in [-0.3, -0.25) is 0 Å². The molecule has 0 aliphatic heterocycles. The van der Waals surface area contributed by atoms with Crippen molar-refractivity contribution in [3.05, 3.63) is 53.8 Å². The first-order valence-electron chi connectivity index (χ1n) is 5.94. The van der Waals surface area contributed by atoms with Crippen molar-refractivity contribution in [1.82, 2.24) is 0 Å². The second-order valence-corrected chi connectivity index (χ2v) is 6.16. The largest absolute Gasteiger partial charge is 0.502 e. The summed E-state index contributed by atoms with van der Waals surface area (Å²) in [6.45, 7) is 0. The van der Waals surface area contributed by atoms with Crippen LogP contribution >= 0.6 is 0 Å². The number of ether oxygens (including phenoxy) is 1. The molecule has 0 aliphatic rings. The minimum absolute atomic E-state index is 0.0222. The first-order valence-corrected chi connectivity index (χ1v) is 7.43. The molecule has 120 valence electrons. The molecule has 0 atom stereocenters. The molecule has 2 rings (SSSR count). The van der Waals surface area contributed by atoms with Crippen molar-refractivity contribution < 1.29 is 30.7 Å². The van der Waals surface area contributed by atoms with E-state index in [1.807, 2.05) is 0 Å². The van der Waals surface area contributed by atoms with E-state index in [-0.39, 0.29) is 5.56 Å². The van der Waals surface area contributed by atoms with Crippen LogP contribution in [0.15, 0.2) is 47.4 Å². The number of sulfone groups is 1. The lowest BCUT2D eigenvalue weighted by atomic mass is 10.2. The number of nitrogens with zero attached hydrogens (tertiary/aromatic N) is 1. The number of benzene rings is 2.